The van der Waals surface area contributed by atoms with E-state index in [9.17, 15) is 14.4 Å². The summed E-state index contributed by atoms with van der Waals surface area (Å²) in [7, 11) is 0. The number of carboxylic acid groups (broad SMARTS) is 1. The van der Waals surface area contributed by atoms with Crippen molar-refractivity contribution in [3.63, 3.8) is 0 Å². The van der Waals surface area contributed by atoms with Gasteiger partial charge in [0, 0.05) is 5.92 Å². The van der Waals surface area contributed by atoms with Gasteiger partial charge in [0.15, 0.2) is 0 Å². The Morgan fingerprint density at radius 3 is 1.80 bits per heavy atom. The monoisotopic (exact) mass is 559 g/mol. The van der Waals surface area contributed by atoms with E-state index in [4.69, 9.17) is 9.84 Å². The van der Waals surface area contributed by atoms with Gasteiger partial charge in [0.2, 0.25) is 5.91 Å². The van der Waals surface area contributed by atoms with Crippen molar-refractivity contribution in [1.29, 1.82) is 0 Å². The summed E-state index contributed by atoms with van der Waals surface area (Å²) in [5, 5.41) is 8.89. The Balaban J connectivity index is 0.000000486. The number of hydrogen-bond donors (Lipinski definition) is 1. The van der Waals surface area contributed by atoms with Gasteiger partial charge in [0.1, 0.15) is 6.10 Å². The van der Waals surface area contributed by atoms with Crippen LogP contribution in [0.4, 0.5) is 4.79 Å². The van der Waals surface area contributed by atoms with Crippen LogP contribution in [0.1, 0.15) is 137 Å². The third-order valence-corrected chi connectivity index (χ3v) is 8.29. The lowest BCUT2D eigenvalue weighted by Gasteiger charge is -2.25. The van der Waals surface area contributed by atoms with Crippen molar-refractivity contribution in [3.05, 3.63) is 35.9 Å². The quantitative estimate of drug-likeness (QED) is 0.192. The number of imide groups is 1. The Morgan fingerprint density at radius 2 is 1.35 bits per heavy atom. The third kappa shape index (κ3) is 12.0. The van der Waals surface area contributed by atoms with Gasteiger partial charge in [-0.1, -0.05) is 123 Å². The highest BCUT2D eigenvalue weighted by Gasteiger charge is 2.45. The molecule has 0 bridgehead atoms. The Labute approximate surface area is 244 Å². The number of rotatable bonds is 17. The molecule has 1 aliphatic rings. The number of ether oxygens (including phenoxy) is 1. The smallest absolute Gasteiger partial charge is 0.417 e. The average molecular weight is 560 g/mol. The zero-order valence-corrected chi connectivity index (χ0v) is 26.4. The van der Waals surface area contributed by atoms with E-state index in [0.717, 1.165) is 37.7 Å². The van der Waals surface area contributed by atoms with E-state index in [0.29, 0.717) is 11.8 Å². The van der Waals surface area contributed by atoms with Crippen molar-refractivity contribution in [2.24, 2.45) is 23.7 Å². The molecular weight excluding hydrogens is 502 g/mol. The summed E-state index contributed by atoms with van der Waals surface area (Å²) in [6, 6.07) is 9.38. The highest BCUT2D eigenvalue weighted by atomic mass is 16.6. The van der Waals surface area contributed by atoms with Crippen LogP contribution in [0.5, 0.6) is 0 Å². The summed E-state index contributed by atoms with van der Waals surface area (Å²) < 4.78 is 5.54. The van der Waals surface area contributed by atoms with Crippen molar-refractivity contribution in [1.82, 2.24) is 4.90 Å². The standard InChI is InChI=1S/C22H33NO3.C12H24O2/c1-5-7-9-12-16(3)15-18(6-2)21(24)23-17(4)20(26-22(23)25)19-13-10-8-11-14-19;1-4-6-7-8-10(3)9-11(5-2)12(13)14/h8,10-11,13-14,16-18,20H,5-7,9,12,15H2,1-4H3;10-11H,4-9H2,1-3H3,(H,13,14)/t16-,17-,18-,20-;10-,11+/m10/s1. The van der Waals surface area contributed by atoms with Crippen molar-refractivity contribution in [3.8, 4) is 0 Å². The van der Waals surface area contributed by atoms with Crippen LogP contribution in [0, 0.1) is 23.7 Å². The van der Waals surface area contributed by atoms with Crippen LogP contribution in [-0.4, -0.2) is 34.0 Å². The maximum Gasteiger partial charge on any atom is 0.417 e. The van der Waals surface area contributed by atoms with Gasteiger partial charge >= 0.3 is 12.1 Å². The van der Waals surface area contributed by atoms with E-state index in [2.05, 4.69) is 27.7 Å². The van der Waals surface area contributed by atoms with Crippen molar-refractivity contribution < 1.29 is 24.2 Å². The fourth-order valence-corrected chi connectivity index (χ4v) is 5.62. The SMILES string of the molecule is CCCCC[C@@H](C)C[C@@H](CC)C(=O)N1C(=O)O[C@@H](c2ccccc2)[C@H]1C.CCCCC[C@H](C)C[C@@H](CC)C(=O)O. The van der Waals surface area contributed by atoms with Crippen LogP contribution in [0.3, 0.4) is 0 Å². The van der Waals surface area contributed by atoms with Crippen LogP contribution < -0.4 is 0 Å². The molecule has 1 aromatic rings. The number of aliphatic carboxylic acids is 1. The van der Waals surface area contributed by atoms with Crippen LogP contribution in [-0.2, 0) is 14.3 Å². The summed E-state index contributed by atoms with van der Waals surface area (Å²) >= 11 is 0. The summed E-state index contributed by atoms with van der Waals surface area (Å²) in [5.74, 6) is 0.0975. The van der Waals surface area contributed by atoms with Crippen LogP contribution in [0.25, 0.3) is 0 Å². The third-order valence-electron chi connectivity index (χ3n) is 8.29. The predicted molar refractivity (Wildman–Crippen MR) is 163 cm³/mol. The minimum Gasteiger partial charge on any atom is -0.481 e. The number of carbonyl (C=O) groups excluding carboxylic acids is 2. The number of carbonyl (C=O) groups is 3. The molecular formula is C34H57NO5. The Kier molecular flexibility index (Phi) is 17.5. The van der Waals surface area contributed by atoms with E-state index in [1.807, 2.05) is 51.1 Å². The van der Waals surface area contributed by atoms with E-state index in [1.165, 1.54) is 49.8 Å². The van der Waals surface area contributed by atoms with Crippen LogP contribution >= 0.6 is 0 Å². The number of benzene rings is 1. The Morgan fingerprint density at radius 1 is 0.850 bits per heavy atom. The molecule has 0 aromatic heterocycles. The first kappa shape index (κ1) is 35.7. The van der Waals surface area contributed by atoms with Gasteiger partial charge in [-0.15, -0.1) is 0 Å². The molecule has 0 unspecified atom stereocenters. The molecule has 1 aliphatic heterocycles. The van der Waals surface area contributed by atoms with Crippen molar-refractivity contribution in [2.75, 3.05) is 0 Å². The largest absolute Gasteiger partial charge is 0.481 e. The molecule has 6 nitrogen and oxygen atoms in total. The molecule has 0 radical (unpaired) electrons. The number of nitrogens with zero attached hydrogens (tertiary/aromatic N) is 1. The molecule has 2 amide bonds. The fraction of sp³-hybridized carbons (Fsp3) is 0.735. The lowest BCUT2D eigenvalue weighted by molar-refractivity contribution is -0.142. The van der Waals surface area contributed by atoms with Gasteiger partial charge in [-0.3, -0.25) is 9.59 Å². The number of hydrogen-bond acceptors (Lipinski definition) is 4. The Hall–Kier alpha value is -2.37. The molecule has 0 saturated carbocycles. The summed E-state index contributed by atoms with van der Waals surface area (Å²) in [6.45, 7) is 14.7. The maximum absolute atomic E-state index is 13.1. The summed E-state index contributed by atoms with van der Waals surface area (Å²) in [4.78, 5) is 37.6. The zero-order chi connectivity index (χ0) is 30.1. The van der Waals surface area contributed by atoms with Gasteiger partial charge in [-0.2, -0.15) is 0 Å². The highest BCUT2D eigenvalue weighted by molar-refractivity contribution is 5.95. The first-order chi connectivity index (χ1) is 19.1. The molecule has 1 N–H and O–H groups in total. The molecule has 0 aliphatic carbocycles. The molecule has 6 atom stereocenters. The minimum atomic E-state index is -0.630. The second-order valence-corrected chi connectivity index (χ2v) is 11.9. The molecule has 1 saturated heterocycles. The molecule has 0 spiro atoms. The first-order valence-electron chi connectivity index (χ1n) is 15.9. The van der Waals surface area contributed by atoms with E-state index < -0.39 is 12.1 Å². The number of unbranched alkanes of at least 4 members (excludes halogenated alkanes) is 4. The molecule has 6 heteroatoms. The maximum atomic E-state index is 13.1. The number of amides is 2. The summed E-state index contributed by atoms with van der Waals surface area (Å²) in [5.41, 5.74) is 0.935. The zero-order valence-electron chi connectivity index (χ0n) is 26.4. The van der Waals surface area contributed by atoms with Gasteiger partial charge < -0.3 is 9.84 Å². The number of carboxylic acids is 1. The second-order valence-electron chi connectivity index (χ2n) is 11.9. The van der Waals surface area contributed by atoms with Gasteiger partial charge in [-0.05, 0) is 50.0 Å². The van der Waals surface area contributed by atoms with Crippen molar-refractivity contribution in [2.45, 2.75) is 138 Å². The molecule has 228 valence electrons. The van der Waals surface area contributed by atoms with E-state index in [-0.39, 0.29) is 29.9 Å². The van der Waals surface area contributed by atoms with Gasteiger partial charge in [0.05, 0.1) is 12.0 Å². The molecule has 1 aromatic carbocycles. The molecule has 1 fully saturated rings. The lowest BCUT2D eigenvalue weighted by atomic mass is 9.89. The molecule has 40 heavy (non-hydrogen) atoms. The topological polar surface area (TPSA) is 83.9 Å². The first-order valence-corrected chi connectivity index (χ1v) is 15.9. The second kappa shape index (κ2) is 19.7. The molecule has 2 rings (SSSR count). The van der Waals surface area contributed by atoms with E-state index in [1.54, 1.807) is 0 Å². The van der Waals surface area contributed by atoms with Crippen molar-refractivity contribution >= 4 is 18.0 Å². The average Bonchev–Trinajstić information content (AvgIpc) is 3.24. The Bertz CT molecular complexity index is 857. The van der Waals surface area contributed by atoms with Gasteiger partial charge in [-0.25, -0.2) is 9.69 Å². The fourth-order valence-electron chi connectivity index (χ4n) is 5.62. The van der Waals surface area contributed by atoms with Gasteiger partial charge in [0.25, 0.3) is 0 Å². The summed E-state index contributed by atoms with van der Waals surface area (Å²) in [6.07, 6.45) is 12.0. The normalized spacial score (nSPS) is 19.7. The highest BCUT2D eigenvalue weighted by Crippen LogP contribution is 2.34. The van der Waals surface area contributed by atoms with Crippen LogP contribution in [0.15, 0.2) is 30.3 Å². The number of cyclic esters (lactones) is 1. The lowest BCUT2D eigenvalue weighted by Crippen LogP contribution is -2.42. The minimum absolute atomic E-state index is 0.0780. The van der Waals surface area contributed by atoms with E-state index >= 15 is 0 Å². The van der Waals surface area contributed by atoms with Crippen LogP contribution in [0.2, 0.25) is 0 Å². The predicted octanol–water partition coefficient (Wildman–Crippen LogP) is 9.43. The molecule has 1 heterocycles.